The summed E-state index contributed by atoms with van der Waals surface area (Å²) >= 11 is 12.1. The van der Waals surface area contributed by atoms with Gasteiger partial charge in [-0.2, -0.15) is 0 Å². The van der Waals surface area contributed by atoms with E-state index in [0.717, 1.165) is 10.5 Å². The summed E-state index contributed by atoms with van der Waals surface area (Å²) in [6.07, 6.45) is -0.296. The first-order valence-corrected chi connectivity index (χ1v) is 9.57. The maximum atomic E-state index is 12.9. The number of imide groups is 1. The van der Waals surface area contributed by atoms with Crippen molar-refractivity contribution in [3.63, 3.8) is 0 Å². The fourth-order valence-electron chi connectivity index (χ4n) is 2.80. The minimum Gasteiger partial charge on any atom is -0.459 e. The molecule has 29 heavy (non-hydrogen) atoms. The van der Waals surface area contributed by atoms with Crippen molar-refractivity contribution in [3.05, 3.63) is 69.3 Å². The zero-order valence-electron chi connectivity index (χ0n) is 16.0. The van der Waals surface area contributed by atoms with E-state index in [0.29, 0.717) is 10.7 Å². The van der Waals surface area contributed by atoms with Crippen molar-refractivity contribution < 1.29 is 19.1 Å². The molecule has 0 atom stereocenters. The number of carbonyl (C=O) groups excluding carboxylic acids is 3. The largest absolute Gasteiger partial charge is 0.459 e. The van der Waals surface area contributed by atoms with Gasteiger partial charge in [-0.3, -0.25) is 9.59 Å². The van der Waals surface area contributed by atoms with Crippen LogP contribution in [-0.4, -0.2) is 23.9 Å². The van der Waals surface area contributed by atoms with Gasteiger partial charge in [0, 0.05) is 10.7 Å². The molecule has 6 nitrogen and oxygen atoms in total. The van der Waals surface area contributed by atoms with Crippen molar-refractivity contribution in [2.75, 3.05) is 10.2 Å². The molecule has 8 heteroatoms. The molecule has 0 aromatic heterocycles. The number of esters is 1. The zero-order chi connectivity index (χ0) is 21.3. The van der Waals surface area contributed by atoms with Crippen molar-refractivity contribution in [1.82, 2.24) is 0 Å². The van der Waals surface area contributed by atoms with Crippen LogP contribution in [0.4, 0.5) is 11.4 Å². The number of anilines is 2. The Bertz CT molecular complexity index is 1050. The van der Waals surface area contributed by atoms with Crippen LogP contribution in [0, 0.1) is 6.92 Å². The van der Waals surface area contributed by atoms with E-state index in [9.17, 15) is 14.4 Å². The van der Waals surface area contributed by atoms with Crippen LogP contribution >= 0.6 is 23.2 Å². The quantitative estimate of drug-likeness (QED) is 0.549. The smallest absolute Gasteiger partial charge is 0.338 e. The second-order valence-corrected chi connectivity index (χ2v) is 7.54. The average Bonchev–Trinajstić information content (AvgIpc) is 2.86. The van der Waals surface area contributed by atoms with E-state index >= 15 is 0 Å². The molecule has 0 saturated heterocycles. The normalized spacial score (nSPS) is 14.1. The van der Waals surface area contributed by atoms with Gasteiger partial charge in [0.05, 0.1) is 17.4 Å². The number of nitrogens with zero attached hydrogens (tertiary/aromatic N) is 1. The summed E-state index contributed by atoms with van der Waals surface area (Å²) in [5.74, 6) is -1.85. The monoisotopic (exact) mass is 432 g/mol. The number of halogens is 2. The van der Waals surface area contributed by atoms with Crippen molar-refractivity contribution >= 4 is 52.4 Å². The molecule has 0 aliphatic carbocycles. The van der Waals surface area contributed by atoms with Gasteiger partial charge in [0.1, 0.15) is 10.7 Å². The molecule has 0 bridgehead atoms. The molecule has 2 amide bonds. The van der Waals surface area contributed by atoms with Crippen molar-refractivity contribution in [2.24, 2.45) is 0 Å². The molecule has 0 unspecified atom stereocenters. The van der Waals surface area contributed by atoms with Gasteiger partial charge in [0.25, 0.3) is 11.8 Å². The van der Waals surface area contributed by atoms with Crippen LogP contribution in [0.25, 0.3) is 0 Å². The van der Waals surface area contributed by atoms with E-state index in [4.69, 9.17) is 27.9 Å². The predicted octanol–water partition coefficient (Wildman–Crippen LogP) is 4.65. The SMILES string of the molecule is Cc1cc(Cl)ccc1NC1=C(Cl)C(=O)N(c2cccc(C(=O)OC(C)C)c2)C1=O. The number of amides is 2. The molecular formula is C21H18Cl2N2O4. The summed E-state index contributed by atoms with van der Waals surface area (Å²) in [7, 11) is 0. The lowest BCUT2D eigenvalue weighted by atomic mass is 10.2. The van der Waals surface area contributed by atoms with Crippen molar-refractivity contribution in [2.45, 2.75) is 26.9 Å². The Labute approximate surface area is 178 Å². The van der Waals surface area contributed by atoms with Crippen molar-refractivity contribution in [3.8, 4) is 0 Å². The molecule has 3 rings (SSSR count). The molecule has 1 heterocycles. The van der Waals surface area contributed by atoms with Gasteiger partial charge in [-0.15, -0.1) is 0 Å². The van der Waals surface area contributed by atoms with Gasteiger partial charge < -0.3 is 10.1 Å². The Balaban J connectivity index is 1.89. The van der Waals surface area contributed by atoms with E-state index in [1.807, 2.05) is 6.92 Å². The van der Waals surface area contributed by atoms with Gasteiger partial charge in [0.2, 0.25) is 0 Å². The number of rotatable bonds is 5. The molecule has 150 valence electrons. The standard InChI is InChI=1S/C21H18Cl2N2O4/c1-11(2)29-21(28)13-5-4-6-15(10-13)25-19(26)17(23)18(20(25)27)24-16-8-7-14(22)9-12(16)3/h4-11,24H,1-3H3. The molecule has 1 N–H and O–H groups in total. The second-order valence-electron chi connectivity index (χ2n) is 6.72. The van der Waals surface area contributed by atoms with E-state index in [1.54, 1.807) is 50.2 Å². The first-order valence-electron chi connectivity index (χ1n) is 8.82. The molecule has 0 spiro atoms. The highest BCUT2D eigenvalue weighted by Crippen LogP contribution is 2.31. The third-order valence-corrected chi connectivity index (χ3v) is 4.74. The topological polar surface area (TPSA) is 75.7 Å². The molecule has 1 aliphatic rings. The summed E-state index contributed by atoms with van der Waals surface area (Å²) in [6.45, 7) is 5.27. The number of hydrogen-bond acceptors (Lipinski definition) is 5. The highest BCUT2D eigenvalue weighted by molar-refractivity contribution is 6.53. The first-order chi connectivity index (χ1) is 13.7. The molecular weight excluding hydrogens is 415 g/mol. The van der Waals surface area contributed by atoms with Crippen molar-refractivity contribution in [1.29, 1.82) is 0 Å². The molecule has 2 aromatic rings. The number of carbonyl (C=O) groups is 3. The van der Waals surface area contributed by atoms with E-state index in [1.165, 1.54) is 6.07 Å². The minimum atomic E-state index is -0.680. The summed E-state index contributed by atoms with van der Waals surface area (Å²) in [6, 6.07) is 11.1. The highest BCUT2D eigenvalue weighted by Gasteiger charge is 2.39. The Morgan fingerprint density at radius 1 is 1.07 bits per heavy atom. The highest BCUT2D eigenvalue weighted by atomic mass is 35.5. The van der Waals surface area contributed by atoms with E-state index in [-0.39, 0.29) is 28.1 Å². The van der Waals surface area contributed by atoms with Crippen LogP contribution < -0.4 is 10.2 Å². The van der Waals surface area contributed by atoms with Gasteiger partial charge in [-0.25, -0.2) is 9.69 Å². The lowest BCUT2D eigenvalue weighted by molar-refractivity contribution is -0.120. The van der Waals surface area contributed by atoms with Gasteiger partial charge in [0.15, 0.2) is 0 Å². The Kier molecular flexibility index (Phi) is 5.96. The fraction of sp³-hybridized carbons (Fsp3) is 0.190. The maximum absolute atomic E-state index is 12.9. The molecule has 0 fully saturated rings. The Morgan fingerprint density at radius 2 is 1.79 bits per heavy atom. The van der Waals surface area contributed by atoms with E-state index in [2.05, 4.69) is 5.32 Å². The Morgan fingerprint density at radius 3 is 2.45 bits per heavy atom. The van der Waals surface area contributed by atoms with Crippen LogP contribution in [0.1, 0.15) is 29.8 Å². The predicted molar refractivity (Wildman–Crippen MR) is 112 cm³/mol. The molecule has 2 aromatic carbocycles. The van der Waals surface area contributed by atoms with Gasteiger partial charge in [-0.05, 0) is 62.7 Å². The minimum absolute atomic E-state index is 0.0442. The summed E-state index contributed by atoms with van der Waals surface area (Å²) < 4.78 is 5.16. The van der Waals surface area contributed by atoms with E-state index < -0.39 is 17.8 Å². The Hall–Kier alpha value is -2.83. The molecule has 1 aliphatic heterocycles. The number of ether oxygens (including phenoxy) is 1. The lowest BCUT2D eigenvalue weighted by Crippen LogP contribution is -2.32. The summed E-state index contributed by atoms with van der Waals surface area (Å²) in [4.78, 5) is 38.6. The van der Waals surface area contributed by atoms with Crippen LogP contribution in [0.3, 0.4) is 0 Å². The summed E-state index contributed by atoms with van der Waals surface area (Å²) in [5.41, 5.74) is 1.78. The number of nitrogens with one attached hydrogen (secondary N) is 1. The fourth-order valence-corrected chi connectivity index (χ4v) is 3.24. The average molecular weight is 433 g/mol. The third kappa shape index (κ3) is 4.28. The summed E-state index contributed by atoms with van der Waals surface area (Å²) in [5, 5.41) is 3.23. The van der Waals surface area contributed by atoms with Crippen LogP contribution in [0.15, 0.2) is 53.2 Å². The van der Waals surface area contributed by atoms with Crippen LogP contribution in [0.2, 0.25) is 5.02 Å². The van der Waals surface area contributed by atoms with Gasteiger partial charge in [-0.1, -0.05) is 29.3 Å². The zero-order valence-corrected chi connectivity index (χ0v) is 17.5. The number of benzene rings is 2. The second kappa shape index (κ2) is 8.27. The third-order valence-electron chi connectivity index (χ3n) is 4.16. The molecule has 0 radical (unpaired) electrons. The molecule has 0 saturated carbocycles. The number of aryl methyl sites for hydroxylation is 1. The lowest BCUT2D eigenvalue weighted by Gasteiger charge is -2.16. The van der Waals surface area contributed by atoms with Gasteiger partial charge >= 0.3 is 5.97 Å². The maximum Gasteiger partial charge on any atom is 0.338 e. The number of hydrogen-bond donors (Lipinski definition) is 1. The first kappa shape index (κ1) is 20.9. The van der Waals surface area contributed by atoms with Crippen LogP contribution in [-0.2, 0) is 14.3 Å². The van der Waals surface area contributed by atoms with Crippen LogP contribution in [0.5, 0.6) is 0 Å².